The molecule has 0 amide bonds. The molecule has 0 fully saturated rings. The summed E-state index contributed by atoms with van der Waals surface area (Å²) in [6.07, 6.45) is 0. The van der Waals surface area contributed by atoms with Crippen molar-refractivity contribution in [1.82, 2.24) is 0 Å². The molecule has 0 aliphatic rings. The van der Waals surface area contributed by atoms with E-state index in [1.54, 1.807) is 0 Å². The number of hydrogen-bond acceptors (Lipinski definition) is 2. The zero-order valence-corrected chi connectivity index (χ0v) is 35.0. The van der Waals surface area contributed by atoms with Crippen LogP contribution in [0.25, 0.3) is 99.1 Å². The van der Waals surface area contributed by atoms with Crippen LogP contribution in [0.5, 0.6) is 0 Å². The molecular formula is C62H41NO. The molecule has 0 aliphatic heterocycles. The SMILES string of the molecule is c1ccc(-c2ccc(-c3ccc(N(c4cccc(-c5ccc6c(c5)c(-c5ccccc5)c(-c5ccccc5)c5ccccc56)c4)c4ccc5c(c4)oc4ccccc45)cc3)cc2)cc1. The molecule has 1 aromatic heterocycles. The zero-order valence-electron chi connectivity index (χ0n) is 35.0. The standard InChI is InChI=1S/C62H41NO/c1-4-15-42(16-5-1)43-27-29-44(30-28-43)45-31-34-50(35-32-45)63(52-36-38-56-55-24-12-13-26-59(55)64-60(56)41-52)51-22-14-21-48(39-51)49-33-37-54-53-23-10-11-25-57(53)61(46-17-6-2-7-18-46)62(58(54)40-49)47-19-8-3-9-20-47/h1-41H. The third kappa shape index (κ3) is 6.61. The van der Waals surface area contributed by atoms with Gasteiger partial charge in [0, 0.05) is 33.9 Å². The van der Waals surface area contributed by atoms with Gasteiger partial charge in [0.05, 0.1) is 0 Å². The molecule has 2 nitrogen and oxygen atoms in total. The zero-order chi connectivity index (χ0) is 42.4. The molecule has 1 heterocycles. The van der Waals surface area contributed by atoms with Crippen LogP contribution in [0.2, 0.25) is 0 Å². The van der Waals surface area contributed by atoms with E-state index in [0.717, 1.165) is 55.7 Å². The van der Waals surface area contributed by atoms with Gasteiger partial charge >= 0.3 is 0 Å². The number of rotatable bonds is 8. The minimum absolute atomic E-state index is 0.861. The molecule has 300 valence electrons. The van der Waals surface area contributed by atoms with E-state index in [-0.39, 0.29) is 0 Å². The largest absolute Gasteiger partial charge is 0.456 e. The molecule has 64 heavy (non-hydrogen) atoms. The Morgan fingerprint density at radius 2 is 0.641 bits per heavy atom. The highest BCUT2D eigenvalue weighted by atomic mass is 16.3. The van der Waals surface area contributed by atoms with E-state index in [1.165, 1.54) is 60.5 Å². The minimum Gasteiger partial charge on any atom is -0.456 e. The quantitative estimate of drug-likeness (QED) is 0.142. The van der Waals surface area contributed by atoms with Gasteiger partial charge in [-0.2, -0.15) is 0 Å². The molecule has 0 N–H and O–H groups in total. The number of nitrogens with zero attached hydrogens (tertiary/aromatic N) is 1. The molecule has 0 bridgehead atoms. The second-order valence-electron chi connectivity index (χ2n) is 16.4. The molecule has 0 radical (unpaired) electrons. The van der Waals surface area contributed by atoms with Crippen molar-refractivity contribution in [2.45, 2.75) is 0 Å². The van der Waals surface area contributed by atoms with Crippen LogP contribution in [0.3, 0.4) is 0 Å². The van der Waals surface area contributed by atoms with Crippen LogP contribution in [0.4, 0.5) is 17.1 Å². The van der Waals surface area contributed by atoms with Crippen molar-refractivity contribution in [2.75, 3.05) is 4.90 Å². The van der Waals surface area contributed by atoms with Crippen LogP contribution < -0.4 is 4.90 Å². The first-order chi connectivity index (χ1) is 31.7. The lowest BCUT2D eigenvalue weighted by atomic mass is 9.84. The van der Waals surface area contributed by atoms with Crippen LogP contribution in [-0.2, 0) is 0 Å². The predicted molar refractivity (Wildman–Crippen MR) is 271 cm³/mol. The monoisotopic (exact) mass is 815 g/mol. The number of para-hydroxylation sites is 1. The van der Waals surface area contributed by atoms with Crippen molar-refractivity contribution in [1.29, 1.82) is 0 Å². The maximum absolute atomic E-state index is 6.46. The average Bonchev–Trinajstić information content (AvgIpc) is 3.75. The summed E-state index contributed by atoms with van der Waals surface area (Å²) in [6, 6.07) is 89.7. The molecular weight excluding hydrogens is 775 g/mol. The number of furan rings is 1. The Morgan fingerprint density at radius 1 is 0.219 bits per heavy atom. The normalized spacial score (nSPS) is 11.4. The maximum atomic E-state index is 6.46. The van der Waals surface area contributed by atoms with Gasteiger partial charge in [-0.05, 0) is 126 Å². The summed E-state index contributed by atoms with van der Waals surface area (Å²) in [5.74, 6) is 0. The molecule has 2 heteroatoms. The Morgan fingerprint density at radius 3 is 1.31 bits per heavy atom. The highest BCUT2D eigenvalue weighted by molar-refractivity contribution is 6.22. The summed E-state index contributed by atoms with van der Waals surface area (Å²) in [7, 11) is 0. The van der Waals surface area contributed by atoms with Gasteiger partial charge < -0.3 is 9.32 Å². The molecule has 12 aromatic rings. The van der Waals surface area contributed by atoms with E-state index in [0.29, 0.717) is 0 Å². The van der Waals surface area contributed by atoms with E-state index in [4.69, 9.17) is 4.42 Å². The van der Waals surface area contributed by atoms with Gasteiger partial charge in [-0.25, -0.2) is 0 Å². The Bertz CT molecular complexity index is 3630. The summed E-state index contributed by atoms with van der Waals surface area (Å²) in [6.45, 7) is 0. The molecule has 0 unspecified atom stereocenters. The number of hydrogen-bond donors (Lipinski definition) is 0. The van der Waals surface area contributed by atoms with Crippen molar-refractivity contribution in [2.24, 2.45) is 0 Å². The second kappa shape index (κ2) is 15.8. The van der Waals surface area contributed by atoms with E-state index in [9.17, 15) is 0 Å². The highest BCUT2D eigenvalue weighted by Crippen LogP contribution is 2.46. The third-order valence-corrected chi connectivity index (χ3v) is 12.7. The number of benzene rings is 11. The lowest BCUT2D eigenvalue weighted by Gasteiger charge is -2.26. The molecule has 0 saturated carbocycles. The van der Waals surface area contributed by atoms with Crippen molar-refractivity contribution < 1.29 is 4.42 Å². The van der Waals surface area contributed by atoms with Crippen molar-refractivity contribution >= 4 is 60.5 Å². The van der Waals surface area contributed by atoms with Crippen molar-refractivity contribution in [3.63, 3.8) is 0 Å². The predicted octanol–water partition coefficient (Wildman–Crippen LogP) is 17.7. The van der Waals surface area contributed by atoms with E-state index < -0.39 is 0 Å². The smallest absolute Gasteiger partial charge is 0.137 e. The van der Waals surface area contributed by atoms with Gasteiger partial charge in [0.25, 0.3) is 0 Å². The highest BCUT2D eigenvalue weighted by Gasteiger charge is 2.20. The first-order valence-corrected chi connectivity index (χ1v) is 21.9. The summed E-state index contributed by atoms with van der Waals surface area (Å²) in [4.78, 5) is 2.34. The maximum Gasteiger partial charge on any atom is 0.137 e. The van der Waals surface area contributed by atoms with Crippen molar-refractivity contribution in [3.05, 3.63) is 249 Å². The average molecular weight is 816 g/mol. The first kappa shape index (κ1) is 37.3. The van der Waals surface area contributed by atoms with Gasteiger partial charge in [-0.1, -0.05) is 194 Å². The number of anilines is 3. The Hall–Kier alpha value is -8.46. The van der Waals surface area contributed by atoms with Crippen LogP contribution in [0.15, 0.2) is 253 Å². The third-order valence-electron chi connectivity index (χ3n) is 12.7. The van der Waals surface area contributed by atoms with Gasteiger partial charge in [-0.3, -0.25) is 0 Å². The van der Waals surface area contributed by atoms with Crippen LogP contribution >= 0.6 is 0 Å². The summed E-state index contributed by atoms with van der Waals surface area (Å²) in [5.41, 5.74) is 16.8. The van der Waals surface area contributed by atoms with Gasteiger partial charge in [0.2, 0.25) is 0 Å². The first-order valence-electron chi connectivity index (χ1n) is 21.9. The topological polar surface area (TPSA) is 16.4 Å². The fourth-order valence-corrected chi connectivity index (χ4v) is 9.59. The van der Waals surface area contributed by atoms with E-state index >= 15 is 0 Å². The van der Waals surface area contributed by atoms with Gasteiger partial charge in [0.1, 0.15) is 11.2 Å². The van der Waals surface area contributed by atoms with Crippen molar-refractivity contribution in [3.8, 4) is 55.6 Å². The molecule has 0 aliphatic carbocycles. The molecule has 0 spiro atoms. The van der Waals surface area contributed by atoms with Gasteiger partial charge in [-0.15, -0.1) is 0 Å². The minimum atomic E-state index is 0.861. The Balaban J connectivity index is 1.00. The molecule has 11 aromatic carbocycles. The van der Waals surface area contributed by atoms with E-state index in [2.05, 4.69) is 241 Å². The summed E-state index contributed by atoms with van der Waals surface area (Å²) < 4.78 is 6.46. The summed E-state index contributed by atoms with van der Waals surface area (Å²) >= 11 is 0. The summed E-state index contributed by atoms with van der Waals surface area (Å²) in [5, 5.41) is 7.20. The number of fused-ring (bicyclic) bond motifs is 6. The van der Waals surface area contributed by atoms with Gasteiger partial charge in [0.15, 0.2) is 0 Å². The van der Waals surface area contributed by atoms with Crippen LogP contribution in [-0.4, -0.2) is 0 Å². The van der Waals surface area contributed by atoms with E-state index in [1.807, 2.05) is 12.1 Å². The van der Waals surface area contributed by atoms with Crippen LogP contribution in [0.1, 0.15) is 0 Å². The molecule has 12 rings (SSSR count). The lowest BCUT2D eigenvalue weighted by molar-refractivity contribution is 0.669. The van der Waals surface area contributed by atoms with Crippen LogP contribution in [0, 0.1) is 0 Å². The Kier molecular flexibility index (Phi) is 9.20. The fraction of sp³-hybridized carbons (Fsp3) is 0. The Labute approximate surface area is 372 Å². The second-order valence-corrected chi connectivity index (χ2v) is 16.4. The molecule has 0 saturated heterocycles. The fourth-order valence-electron chi connectivity index (χ4n) is 9.59. The molecule has 0 atom stereocenters. The lowest BCUT2D eigenvalue weighted by Crippen LogP contribution is -2.10.